The summed E-state index contributed by atoms with van der Waals surface area (Å²) in [4.78, 5) is 15.8. The van der Waals surface area contributed by atoms with Crippen molar-refractivity contribution in [3.8, 4) is 5.75 Å². The molecule has 1 saturated carbocycles. The standard InChI is InChI=1S/C19H24N2O5S2/c1-19(2)8-6-12(7-9-19)17-20-16(11-27-17)21(28(24)25)14-5-4-13(18(22)23)10-15(14)26-3/h4-5,10-12H,6-9H2,1-3H3,(H,22,23)(H,24,25). The largest absolute Gasteiger partial charge is 0.495 e. The van der Waals surface area contributed by atoms with Crippen LogP contribution in [0.4, 0.5) is 11.5 Å². The number of hydrogen-bond acceptors (Lipinski definition) is 5. The Balaban J connectivity index is 1.91. The Bertz CT molecular complexity index is 886. The monoisotopic (exact) mass is 424 g/mol. The highest BCUT2D eigenvalue weighted by Gasteiger charge is 2.30. The van der Waals surface area contributed by atoms with E-state index >= 15 is 0 Å². The zero-order valence-corrected chi connectivity index (χ0v) is 17.7. The van der Waals surface area contributed by atoms with Crippen molar-refractivity contribution in [2.45, 2.75) is 45.4 Å². The molecule has 3 rings (SSSR count). The Morgan fingerprint density at radius 1 is 1.36 bits per heavy atom. The predicted molar refractivity (Wildman–Crippen MR) is 110 cm³/mol. The van der Waals surface area contributed by atoms with Crippen LogP contribution in [0.15, 0.2) is 23.6 Å². The summed E-state index contributed by atoms with van der Waals surface area (Å²) >= 11 is -0.904. The minimum atomic E-state index is -2.39. The third-order valence-electron chi connectivity index (χ3n) is 5.21. The van der Waals surface area contributed by atoms with Crippen LogP contribution in [0.1, 0.15) is 60.8 Å². The van der Waals surface area contributed by atoms with Crippen molar-refractivity contribution in [1.29, 1.82) is 0 Å². The Hall–Kier alpha value is -1.97. The second-order valence-electron chi connectivity index (χ2n) is 7.70. The molecule has 0 saturated heterocycles. The normalized spacial score (nSPS) is 17.9. The number of carboxylic acids is 1. The van der Waals surface area contributed by atoms with Gasteiger partial charge in [0.15, 0.2) is 5.82 Å². The molecule has 1 heterocycles. The fourth-order valence-corrected chi connectivity index (χ4v) is 5.07. The van der Waals surface area contributed by atoms with E-state index in [2.05, 4.69) is 18.8 Å². The molecule has 1 aromatic heterocycles. The number of hydrogen-bond donors (Lipinski definition) is 2. The first-order valence-electron chi connectivity index (χ1n) is 9.00. The SMILES string of the molecule is COc1cc(C(=O)O)ccc1N(c1csc(C2CCC(C)(C)CC2)n1)S(=O)O. The highest BCUT2D eigenvalue weighted by atomic mass is 32.2. The van der Waals surface area contributed by atoms with Gasteiger partial charge >= 0.3 is 5.97 Å². The topological polar surface area (TPSA) is 100.0 Å². The van der Waals surface area contributed by atoms with Crippen LogP contribution in [-0.4, -0.2) is 31.9 Å². The highest BCUT2D eigenvalue weighted by Crippen LogP contribution is 2.44. The van der Waals surface area contributed by atoms with Gasteiger partial charge < -0.3 is 9.84 Å². The van der Waals surface area contributed by atoms with Crippen molar-refractivity contribution in [2.75, 3.05) is 11.4 Å². The molecule has 152 valence electrons. The van der Waals surface area contributed by atoms with Crippen molar-refractivity contribution in [2.24, 2.45) is 5.41 Å². The summed E-state index contributed by atoms with van der Waals surface area (Å²) in [5.41, 5.74) is 0.678. The van der Waals surface area contributed by atoms with Gasteiger partial charge in [-0.25, -0.2) is 18.3 Å². The summed E-state index contributed by atoms with van der Waals surface area (Å²) in [5.74, 6) is -0.196. The molecular weight excluding hydrogens is 400 g/mol. The van der Waals surface area contributed by atoms with Gasteiger partial charge in [-0.15, -0.1) is 11.3 Å². The molecule has 1 aliphatic rings. The van der Waals surface area contributed by atoms with E-state index in [9.17, 15) is 13.6 Å². The van der Waals surface area contributed by atoms with Gasteiger partial charge in [0.25, 0.3) is 11.3 Å². The summed E-state index contributed by atoms with van der Waals surface area (Å²) in [6.45, 7) is 4.56. The molecule has 1 unspecified atom stereocenters. The van der Waals surface area contributed by atoms with Crippen molar-refractivity contribution >= 4 is 40.1 Å². The average Bonchev–Trinajstić information content (AvgIpc) is 3.11. The lowest BCUT2D eigenvalue weighted by molar-refractivity contribution is 0.0696. The van der Waals surface area contributed by atoms with E-state index in [1.165, 1.54) is 36.6 Å². The molecule has 2 aromatic rings. The Morgan fingerprint density at radius 2 is 2.04 bits per heavy atom. The third-order valence-corrected chi connectivity index (χ3v) is 6.90. The fourth-order valence-electron chi connectivity index (χ4n) is 3.47. The number of rotatable bonds is 6. The summed E-state index contributed by atoms with van der Waals surface area (Å²) in [7, 11) is 1.39. The molecular formula is C19H24N2O5S2. The Morgan fingerprint density at radius 3 is 2.61 bits per heavy atom. The van der Waals surface area contributed by atoms with Crippen LogP contribution in [0.25, 0.3) is 0 Å². The summed E-state index contributed by atoms with van der Waals surface area (Å²) in [5, 5.41) is 11.9. The zero-order chi connectivity index (χ0) is 20.5. The van der Waals surface area contributed by atoms with E-state index in [-0.39, 0.29) is 17.0 Å². The summed E-state index contributed by atoms with van der Waals surface area (Å²) in [6.07, 6.45) is 4.37. The van der Waals surface area contributed by atoms with E-state index in [1.807, 2.05) is 0 Å². The van der Waals surface area contributed by atoms with Crippen LogP contribution in [0.3, 0.4) is 0 Å². The third kappa shape index (κ3) is 4.37. The van der Waals surface area contributed by atoms with E-state index in [0.29, 0.717) is 17.2 Å². The van der Waals surface area contributed by atoms with E-state index in [4.69, 9.17) is 9.84 Å². The molecule has 1 aliphatic carbocycles. The number of carbonyl (C=O) groups is 1. The number of ether oxygens (including phenoxy) is 1. The molecule has 0 amide bonds. The molecule has 0 bridgehead atoms. The average molecular weight is 425 g/mol. The number of carboxylic acid groups (broad SMARTS) is 1. The summed E-state index contributed by atoms with van der Waals surface area (Å²) in [6, 6.07) is 4.16. The second-order valence-corrected chi connectivity index (χ2v) is 9.42. The molecule has 7 nitrogen and oxygen atoms in total. The molecule has 2 N–H and O–H groups in total. The number of benzene rings is 1. The number of aromatic carboxylic acids is 1. The maximum atomic E-state index is 12.1. The molecule has 0 aliphatic heterocycles. The van der Waals surface area contributed by atoms with Gasteiger partial charge in [-0.3, -0.25) is 4.55 Å². The zero-order valence-electron chi connectivity index (χ0n) is 16.0. The second kappa shape index (κ2) is 8.18. The predicted octanol–water partition coefficient (Wildman–Crippen LogP) is 4.81. The van der Waals surface area contributed by atoms with E-state index < -0.39 is 17.2 Å². The lowest BCUT2D eigenvalue weighted by atomic mass is 9.73. The van der Waals surface area contributed by atoms with E-state index in [1.54, 1.807) is 5.38 Å². The van der Waals surface area contributed by atoms with Crippen LogP contribution in [0.5, 0.6) is 5.75 Å². The first-order valence-corrected chi connectivity index (χ1v) is 10.9. The molecule has 1 aromatic carbocycles. The maximum Gasteiger partial charge on any atom is 0.335 e. The summed E-state index contributed by atoms with van der Waals surface area (Å²) < 4.78 is 28.4. The molecule has 0 spiro atoms. The molecule has 1 atom stereocenters. The van der Waals surface area contributed by atoms with Gasteiger partial charge in [-0.2, -0.15) is 0 Å². The molecule has 28 heavy (non-hydrogen) atoms. The number of thiazole rings is 1. The lowest BCUT2D eigenvalue weighted by Gasteiger charge is -2.33. The quantitative estimate of drug-likeness (QED) is 0.646. The van der Waals surface area contributed by atoms with Crippen LogP contribution in [0.2, 0.25) is 0 Å². The van der Waals surface area contributed by atoms with Crippen molar-refractivity contribution in [3.05, 3.63) is 34.2 Å². The molecule has 0 radical (unpaired) electrons. The van der Waals surface area contributed by atoms with Crippen molar-refractivity contribution in [3.63, 3.8) is 0 Å². The number of nitrogens with zero attached hydrogens (tertiary/aromatic N) is 2. The minimum Gasteiger partial charge on any atom is -0.495 e. The van der Waals surface area contributed by atoms with Gasteiger partial charge in [0.1, 0.15) is 11.4 Å². The molecule has 1 fully saturated rings. The van der Waals surface area contributed by atoms with Gasteiger partial charge in [0.05, 0.1) is 17.7 Å². The number of methoxy groups -OCH3 is 1. The number of aromatic nitrogens is 1. The molecule has 9 heteroatoms. The van der Waals surface area contributed by atoms with Crippen LogP contribution < -0.4 is 9.04 Å². The number of anilines is 2. The Kier molecular flexibility index (Phi) is 6.07. The smallest absolute Gasteiger partial charge is 0.335 e. The van der Waals surface area contributed by atoms with Gasteiger partial charge in [-0.1, -0.05) is 13.8 Å². The van der Waals surface area contributed by atoms with Crippen LogP contribution in [-0.2, 0) is 11.3 Å². The van der Waals surface area contributed by atoms with Crippen molar-refractivity contribution < 1.29 is 23.4 Å². The van der Waals surface area contributed by atoms with Crippen LogP contribution >= 0.6 is 11.3 Å². The first kappa shape index (κ1) is 20.8. The van der Waals surface area contributed by atoms with Crippen LogP contribution in [0, 0.1) is 5.41 Å². The van der Waals surface area contributed by atoms with Gasteiger partial charge in [-0.05, 0) is 49.3 Å². The van der Waals surface area contributed by atoms with E-state index in [0.717, 1.165) is 35.0 Å². The van der Waals surface area contributed by atoms with Crippen molar-refractivity contribution in [1.82, 2.24) is 4.98 Å². The Labute approximate surface area is 170 Å². The van der Waals surface area contributed by atoms with Gasteiger partial charge in [0, 0.05) is 11.3 Å². The fraction of sp³-hybridized carbons (Fsp3) is 0.474. The highest BCUT2D eigenvalue weighted by molar-refractivity contribution is 7.81. The maximum absolute atomic E-state index is 12.1. The van der Waals surface area contributed by atoms with Gasteiger partial charge in [0.2, 0.25) is 0 Å². The lowest BCUT2D eigenvalue weighted by Crippen LogP contribution is -2.22. The minimum absolute atomic E-state index is 0.0352. The first-order chi connectivity index (χ1) is 13.2.